The largest absolute Gasteiger partial charge is 0.491 e. The van der Waals surface area contributed by atoms with Crippen molar-refractivity contribution in [1.29, 1.82) is 0 Å². The summed E-state index contributed by atoms with van der Waals surface area (Å²) in [5.74, 6) is 2.04. The number of nitrogens with zero attached hydrogens (tertiary/aromatic N) is 3. The molecule has 1 N–H and O–H groups in total. The van der Waals surface area contributed by atoms with Gasteiger partial charge in [0.25, 0.3) is 0 Å². The molecule has 4 rings (SSSR count). The molecule has 1 aliphatic rings. The van der Waals surface area contributed by atoms with Crippen molar-refractivity contribution in [3.8, 4) is 17.1 Å². The van der Waals surface area contributed by atoms with Gasteiger partial charge in [0.05, 0.1) is 18.5 Å². The zero-order valence-corrected chi connectivity index (χ0v) is 22.1. The summed E-state index contributed by atoms with van der Waals surface area (Å²) in [6.07, 6.45) is 1.84. The summed E-state index contributed by atoms with van der Waals surface area (Å²) in [4.78, 5) is 19.8. The SMILES string of the molecule is Cc1ccccc1OCC(C)NC(=O)C1CCCN(Cc2nc(-c3ccc(C(C)(C)C)cc3)no2)C1. The van der Waals surface area contributed by atoms with Crippen LogP contribution < -0.4 is 10.1 Å². The molecule has 0 radical (unpaired) electrons. The molecule has 36 heavy (non-hydrogen) atoms. The minimum Gasteiger partial charge on any atom is -0.491 e. The first-order chi connectivity index (χ1) is 17.2. The zero-order valence-electron chi connectivity index (χ0n) is 22.1. The van der Waals surface area contributed by atoms with Crippen LogP contribution in [0.15, 0.2) is 53.1 Å². The van der Waals surface area contributed by atoms with E-state index in [1.54, 1.807) is 0 Å². The lowest BCUT2D eigenvalue weighted by Gasteiger charge is -2.31. The van der Waals surface area contributed by atoms with E-state index < -0.39 is 0 Å². The first-order valence-electron chi connectivity index (χ1n) is 12.8. The average Bonchev–Trinajstić information content (AvgIpc) is 3.31. The number of aryl methyl sites for hydroxylation is 1. The van der Waals surface area contributed by atoms with Gasteiger partial charge >= 0.3 is 0 Å². The van der Waals surface area contributed by atoms with E-state index in [9.17, 15) is 4.79 Å². The van der Waals surface area contributed by atoms with Gasteiger partial charge in [-0.1, -0.05) is 68.4 Å². The summed E-state index contributed by atoms with van der Waals surface area (Å²) >= 11 is 0. The number of benzene rings is 2. The van der Waals surface area contributed by atoms with Crippen molar-refractivity contribution < 1.29 is 14.1 Å². The molecule has 1 aliphatic heterocycles. The predicted molar refractivity (Wildman–Crippen MR) is 141 cm³/mol. The minimum atomic E-state index is -0.0735. The van der Waals surface area contributed by atoms with E-state index >= 15 is 0 Å². The Morgan fingerprint density at radius 2 is 1.94 bits per heavy atom. The molecule has 1 aromatic heterocycles. The summed E-state index contributed by atoms with van der Waals surface area (Å²) in [7, 11) is 0. The maximum atomic E-state index is 12.9. The molecule has 1 saturated heterocycles. The smallest absolute Gasteiger partial charge is 0.241 e. The van der Waals surface area contributed by atoms with E-state index in [2.05, 4.69) is 53.3 Å². The second-order valence-corrected chi connectivity index (χ2v) is 10.9. The van der Waals surface area contributed by atoms with Gasteiger partial charge in [-0.25, -0.2) is 0 Å². The standard InChI is InChI=1S/C29H38N4O3/c1-20-9-6-7-11-25(20)35-19-21(2)30-28(34)23-10-8-16-33(17-23)18-26-31-27(32-36-26)22-12-14-24(15-13-22)29(3,4)5/h6-7,9,11-15,21,23H,8,10,16-19H2,1-5H3,(H,30,34). The highest BCUT2D eigenvalue weighted by Gasteiger charge is 2.28. The van der Waals surface area contributed by atoms with Gasteiger partial charge in [-0.15, -0.1) is 0 Å². The van der Waals surface area contributed by atoms with Crippen LogP contribution in [0.5, 0.6) is 5.75 Å². The van der Waals surface area contributed by atoms with Gasteiger partial charge in [-0.05, 0) is 55.8 Å². The van der Waals surface area contributed by atoms with Crippen molar-refractivity contribution >= 4 is 5.91 Å². The van der Waals surface area contributed by atoms with Crippen molar-refractivity contribution in [2.45, 2.75) is 65.5 Å². The molecule has 2 aromatic carbocycles. The number of rotatable bonds is 8. The van der Waals surface area contributed by atoms with Crippen molar-refractivity contribution in [1.82, 2.24) is 20.4 Å². The van der Waals surface area contributed by atoms with Crippen molar-refractivity contribution in [3.63, 3.8) is 0 Å². The molecular formula is C29H38N4O3. The number of likely N-dealkylation sites (tertiary alicyclic amines) is 1. The van der Waals surface area contributed by atoms with E-state index in [1.165, 1.54) is 5.56 Å². The average molecular weight is 491 g/mol. The lowest BCUT2D eigenvalue weighted by Crippen LogP contribution is -2.46. The highest BCUT2D eigenvalue weighted by Crippen LogP contribution is 2.25. The number of hydrogen-bond acceptors (Lipinski definition) is 6. The fraction of sp³-hybridized carbons (Fsp3) is 0.483. The number of para-hydroxylation sites is 1. The summed E-state index contributed by atoms with van der Waals surface area (Å²) < 4.78 is 11.4. The van der Waals surface area contributed by atoms with Crippen LogP contribution in [-0.2, 0) is 16.8 Å². The topological polar surface area (TPSA) is 80.5 Å². The third-order valence-corrected chi connectivity index (χ3v) is 6.68. The molecular weight excluding hydrogens is 452 g/mol. The first-order valence-corrected chi connectivity index (χ1v) is 12.8. The Kier molecular flexibility index (Phi) is 8.09. The van der Waals surface area contributed by atoms with Gasteiger partial charge in [-0.2, -0.15) is 4.98 Å². The van der Waals surface area contributed by atoms with Gasteiger partial charge < -0.3 is 14.6 Å². The van der Waals surface area contributed by atoms with Crippen molar-refractivity contribution in [2.75, 3.05) is 19.7 Å². The Bertz CT molecular complexity index is 1150. The Balaban J connectivity index is 1.28. The van der Waals surface area contributed by atoms with Crippen molar-refractivity contribution in [3.05, 3.63) is 65.5 Å². The Hall–Kier alpha value is -3.19. The molecule has 2 heterocycles. The number of carbonyl (C=O) groups is 1. The third kappa shape index (κ3) is 6.72. The van der Waals surface area contributed by atoms with E-state index in [0.29, 0.717) is 31.4 Å². The van der Waals surface area contributed by atoms with E-state index in [1.807, 2.05) is 50.2 Å². The zero-order chi connectivity index (χ0) is 25.7. The molecule has 1 amide bonds. The van der Waals surface area contributed by atoms with Gasteiger partial charge in [0.2, 0.25) is 17.6 Å². The summed E-state index contributed by atoms with van der Waals surface area (Å²) in [6.45, 7) is 13.1. The number of aromatic nitrogens is 2. The lowest BCUT2D eigenvalue weighted by atomic mass is 9.87. The van der Waals surface area contributed by atoms with Crippen molar-refractivity contribution in [2.24, 2.45) is 5.92 Å². The van der Waals surface area contributed by atoms with Gasteiger partial charge in [-0.3, -0.25) is 9.69 Å². The van der Waals surface area contributed by atoms with Crippen LogP contribution in [0, 0.1) is 12.8 Å². The van der Waals surface area contributed by atoms with Crippen LogP contribution >= 0.6 is 0 Å². The van der Waals surface area contributed by atoms with Gasteiger partial charge in [0, 0.05) is 12.1 Å². The van der Waals surface area contributed by atoms with Crippen LogP contribution in [0.4, 0.5) is 0 Å². The van der Waals surface area contributed by atoms with Crippen LogP contribution in [0.3, 0.4) is 0 Å². The third-order valence-electron chi connectivity index (χ3n) is 6.68. The van der Waals surface area contributed by atoms with Crippen LogP contribution in [0.2, 0.25) is 0 Å². The summed E-state index contributed by atoms with van der Waals surface area (Å²) in [6, 6.07) is 16.2. The Morgan fingerprint density at radius 1 is 1.19 bits per heavy atom. The number of hydrogen-bond donors (Lipinski definition) is 1. The van der Waals surface area contributed by atoms with Crippen LogP contribution in [0.25, 0.3) is 11.4 Å². The predicted octanol–water partition coefficient (Wildman–Crippen LogP) is 5.14. The summed E-state index contributed by atoms with van der Waals surface area (Å²) in [5.41, 5.74) is 3.40. The van der Waals surface area contributed by atoms with Crippen LogP contribution in [0.1, 0.15) is 57.6 Å². The summed E-state index contributed by atoms with van der Waals surface area (Å²) in [5, 5.41) is 7.31. The molecule has 192 valence electrons. The quantitative estimate of drug-likeness (QED) is 0.471. The second kappa shape index (κ2) is 11.2. The molecule has 2 atom stereocenters. The second-order valence-electron chi connectivity index (χ2n) is 10.9. The number of carbonyl (C=O) groups excluding carboxylic acids is 1. The minimum absolute atomic E-state index is 0.0630. The number of piperidine rings is 1. The number of amides is 1. The molecule has 0 bridgehead atoms. The molecule has 0 saturated carbocycles. The van der Waals surface area contributed by atoms with Gasteiger partial charge in [0.1, 0.15) is 12.4 Å². The highest BCUT2D eigenvalue weighted by molar-refractivity contribution is 5.79. The highest BCUT2D eigenvalue weighted by atomic mass is 16.5. The monoisotopic (exact) mass is 490 g/mol. The Labute approximate surface area is 214 Å². The Morgan fingerprint density at radius 3 is 2.67 bits per heavy atom. The van der Waals surface area contributed by atoms with E-state index in [4.69, 9.17) is 9.26 Å². The molecule has 2 unspecified atom stereocenters. The van der Waals surface area contributed by atoms with Crippen LogP contribution in [-0.4, -0.2) is 46.7 Å². The number of ether oxygens (including phenoxy) is 1. The normalized spacial score (nSPS) is 17.5. The molecule has 7 nitrogen and oxygen atoms in total. The molecule has 7 heteroatoms. The fourth-order valence-electron chi connectivity index (χ4n) is 4.50. The molecule has 0 aliphatic carbocycles. The maximum Gasteiger partial charge on any atom is 0.241 e. The first kappa shape index (κ1) is 25.9. The molecule has 0 spiro atoms. The fourth-order valence-corrected chi connectivity index (χ4v) is 4.50. The van der Waals surface area contributed by atoms with E-state index in [0.717, 1.165) is 36.3 Å². The number of nitrogens with one attached hydrogen (secondary N) is 1. The van der Waals surface area contributed by atoms with Gasteiger partial charge in [0.15, 0.2) is 0 Å². The maximum absolute atomic E-state index is 12.9. The van der Waals surface area contributed by atoms with E-state index in [-0.39, 0.29) is 23.3 Å². The molecule has 1 fully saturated rings. The molecule has 3 aromatic rings. The lowest BCUT2D eigenvalue weighted by molar-refractivity contribution is -0.127.